The number of carbonyl (C=O) groups is 1. The zero-order valence-electron chi connectivity index (χ0n) is 11.6. The summed E-state index contributed by atoms with van der Waals surface area (Å²) >= 11 is 5.93. The molecule has 1 aromatic heterocycles. The Morgan fingerprint density at radius 1 is 1.42 bits per heavy atom. The summed E-state index contributed by atoms with van der Waals surface area (Å²) < 4.78 is 0. The largest absolute Gasteiger partial charge is 0.391 e. The molecular weight excluding hydrogens is 266 g/mol. The van der Waals surface area contributed by atoms with Gasteiger partial charge in [0.1, 0.15) is 11.5 Å². The number of aliphatic hydroxyl groups excluding tert-OH is 1. The van der Waals surface area contributed by atoms with Gasteiger partial charge >= 0.3 is 0 Å². The van der Waals surface area contributed by atoms with E-state index in [1.165, 1.54) is 6.20 Å². The minimum absolute atomic E-state index is 0.0763. The van der Waals surface area contributed by atoms with E-state index in [0.29, 0.717) is 5.82 Å². The third-order valence-corrected chi connectivity index (χ3v) is 3.01. The van der Waals surface area contributed by atoms with Crippen molar-refractivity contribution in [3.8, 4) is 0 Å². The predicted molar refractivity (Wildman–Crippen MR) is 74.3 cm³/mol. The van der Waals surface area contributed by atoms with E-state index >= 15 is 0 Å². The minimum atomic E-state index is -0.589. The highest BCUT2D eigenvalue weighted by Gasteiger charge is 2.17. The van der Waals surface area contributed by atoms with E-state index in [0.717, 1.165) is 0 Å². The Hall–Kier alpha value is -1.20. The first-order chi connectivity index (χ1) is 8.82. The van der Waals surface area contributed by atoms with Crippen LogP contribution in [0.25, 0.3) is 0 Å². The molecule has 1 unspecified atom stereocenters. The van der Waals surface area contributed by atoms with E-state index in [-0.39, 0.29) is 29.1 Å². The lowest BCUT2D eigenvalue weighted by Gasteiger charge is -2.15. The molecule has 0 aliphatic rings. The molecule has 1 rings (SSSR count). The van der Waals surface area contributed by atoms with Crippen molar-refractivity contribution in [2.45, 2.75) is 39.7 Å². The van der Waals surface area contributed by atoms with Crippen molar-refractivity contribution in [3.63, 3.8) is 0 Å². The summed E-state index contributed by atoms with van der Waals surface area (Å²) in [7, 11) is 0. The highest BCUT2D eigenvalue weighted by atomic mass is 35.5. The first kappa shape index (κ1) is 15.9. The van der Waals surface area contributed by atoms with Gasteiger partial charge in [-0.25, -0.2) is 9.97 Å². The fraction of sp³-hybridized carbons (Fsp3) is 0.615. The van der Waals surface area contributed by atoms with Crippen LogP contribution in [0.2, 0.25) is 5.02 Å². The summed E-state index contributed by atoms with van der Waals surface area (Å²) in [6.45, 7) is 7.81. The summed E-state index contributed by atoms with van der Waals surface area (Å²) in [5, 5.41) is 12.5. The van der Waals surface area contributed by atoms with Gasteiger partial charge in [0, 0.05) is 12.5 Å². The van der Waals surface area contributed by atoms with Gasteiger partial charge in [-0.15, -0.1) is 0 Å². The Morgan fingerprint density at radius 3 is 2.58 bits per heavy atom. The summed E-state index contributed by atoms with van der Waals surface area (Å²) in [6.07, 6.45) is 0.839. The second-order valence-electron chi connectivity index (χ2n) is 5.10. The maximum Gasteiger partial charge on any atom is 0.271 e. The van der Waals surface area contributed by atoms with Crippen molar-refractivity contribution in [3.05, 3.63) is 22.7 Å². The molecule has 1 amide bonds. The molecule has 2 N–H and O–H groups in total. The number of rotatable bonds is 5. The minimum Gasteiger partial charge on any atom is -0.391 e. The molecule has 0 saturated carbocycles. The first-order valence-corrected chi connectivity index (χ1v) is 6.69. The number of nitrogens with one attached hydrogen (secondary N) is 1. The quantitative estimate of drug-likeness (QED) is 0.868. The molecule has 19 heavy (non-hydrogen) atoms. The number of hydrogen-bond acceptors (Lipinski definition) is 4. The van der Waals surface area contributed by atoms with Gasteiger partial charge in [0.15, 0.2) is 0 Å². The van der Waals surface area contributed by atoms with Gasteiger partial charge in [-0.05, 0) is 5.92 Å². The lowest BCUT2D eigenvalue weighted by Crippen LogP contribution is -2.35. The highest BCUT2D eigenvalue weighted by Crippen LogP contribution is 2.16. The Bertz CT molecular complexity index is 450. The molecular formula is C13H20ClN3O2. The molecule has 6 heteroatoms. The molecule has 0 fully saturated rings. The molecule has 0 saturated heterocycles. The van der Waals surface area contributed by atoms with E-state index in [4.69, 9.17) is 11.6 Å². The molecule has 106 valence electrons. The van der Waals surface area contributed by atoms with E-state index in [9.17, 15) is 9.90 Å². The van der Waals surface area contributed by atoms with Crippen LogP contribution in [0.15, 0.2) is 6.20 Å². The van der Waals surface area contributed by atoms with Crippen LogP contribution in [-0.4, -0.2) is 33.6 Å². The summed E-state index contributed by atoms with van der Waals surface area (Å²) in [5.74, 6) is 0.366. The first-order valence-electron chi connectivity index (χ1n) is 6.31. The Morgan fingerprint density at radius 2 is 2.05 bits per heavy atom. The van der Waals surface area contributed by atoms with Crippen molar-refractivity contribution in [1.82, 2.24) is 15.3 Å². The van der Waals surface area contributed by atoms with Crippen molar-refractivity contribution >= 4 is 17.5 Å². The number of nitrogens with zero attached hydrogens (tertiary/aromatic N) is 2. The van der Waals surface area contributed by atoms with Gasteiger partial charge < -0.3 is 10.4 Å². The Labute approximate surface area is 118 Å². The van der Waals surface area contributed by atoms with E-state index in [1.807, 2.05) is 27.7 Å². The highest BCUT2D eigenvalue weighted by molar-refractivity contribution is 6.33. The topological polar surface area (TPSA) is 75.1 Å². The number of hydrogen-bond donors (Lipinski definition) is 2. The van der Waals surface area contributed by atoms with E-state index < -0.39 is 12.0 Å². The number of aliphatic hydroxyl groups is 1. The van der Waals surface area contributed by atoms with Crippen LogP contribution in [0.4, 0.5) is 0 Å². The molecule has 1 heterocycles. The van der Waals surface area contributed by atoms with Gasteiger partial charge in [0.25, 0.3) is 5.91 Å². The summed E-state index contributed by atoms with van der Waals surface area (Å²) in [6, 6.07) is 0. The van der Waals surface area contributed by atoms with Gasteiger partial charge in [-0.1, -0.05) is 39.3 Å². The van der Waals surface area contributed by atoms with E-state index in [1.54, 1.807) is 0 Å². The molecule has 0 spiro atoms. The summed E-state index contributed by atoms with van der Waals surface area (Å²) in [5.41, 5.74) is 0.149. The molecule has 5 nitrogen and oxygen atoms in total. The second kappa shape index (κ2) is 6.82. The van der Waals surface area contributed by atoms with Gasteiger partial charge in [0.05, 0.1) is 17.3 Å². The lowest BCUT2D eigenvalue weighted by molar-refractivity contribution is 0.0867. The number of carbonyl (C=O) groups excluding carboxylic acids is 1. The van der Waals surface area contributed by atoms with Crippen molar-refractivity contribution in [2.75, 3.05) is 6.54 Å². The average Bonchev–Trinajstić information content (AvgIpc) is 2.35. The third kappa shape index (κ3) is 4.44. The molecule has 0 aliphatic heterocycles. The van der Waals surface area contributed by atoms with Gasteiger partial charge in [-0.3, -0.25) is 4.79 Å². The molecule has 1 atom stereocenters. The van der Waals surface area contributed by atoms with Crippen LogP contribution >= 0.6 is 11.6 Å². The van der Waals surface area contributed by atoms with E-state index in [2.05, 4.69) is 15.3 Å². The van der Waals surface area contributed by atoms with Crippen LogP contribution in [0.1, 0.15) is 49.9 Å². The monoisotopic (exact) mass is 285 g/mol. The standard InChI is InChI=1S/C13H20ClN3O2/c1-7(2)10(18)6-16-13(19)11-9(14)5-15-12(17-11)8(3)4/h5,7-8,10,18H,6H2,1-4H3,(H,16,19). The average molecular weight is 286 g/mol. The molecule has 0 aliphatic carbocycles. The van der Waals surface area contributed by atoms with Crippen molar-refractivity contribution in [1.29, 1.82) is 0 Å². The molecule has 0 aromatic carbocycles. The van der Waals surface area contributed by atoms with Crippen molar-refractivity contribution < 1.29 is 9.90 Å². The fourth-order valence-electron chi connectivity index (χ4n) is 1.33. The Kier molecular flexibility index (Phi) is 5.69. The number of aromatic nitrogens is 2. The smallest absolute Gasteiger partial charge is 0.271 e. The second-order valence-corrected chi connectivity index (χ2v) is 5.51. The Balaban J connectivity index is 2.79. The zero-order chi connectivity index (χ0) is 14.6. The summed E-state index contributed by atoms with van der Waals surface area (Å²) in [4.78, 5) is 20.2. The third-order valence-electron chi connectivity index (χ3n) is 2.74. The van der Waals surface area contributed by atoms with Crippen molar-refractivity contribution in [2.24, 2.45) is 5.92 Å². The predicted octanol–water partition coefficient (Wildman–Crippen LogP) is 2.00. The maximum absolute atomic E-state index is 12.0. The van der Waals surface area contributed by atoms with Crippen LogP contribution in [0, 0.1) is 5.92 Å². The molecule has 0 bridgehead atoms. The zero-order valence-corrected chi connectivity index (χ0v) is 12.4. The van der Waals surface area contributed by atoms with Crippen LogP contribution in [0.3, 0.4) is 0 Å². The SMILES string of the molecule is CC(C)c1ncc(Cl)c(C(=O)NCC(O)C(C)C)n1. The maximum atomic E-state index is 12.0. The number of halogens is 1. The lowest BCUT2D eigenvalue weighted by atomic mass is 10.1. The van der Waals surface area contributed by atoms with Gasteiger partial charge in [0.2, 0.25) is 0 Å². The fourth-order valence-corrected chi connectivity index (χ4v) is 1.51. The van der Waals surface area contributed by atoms with Crippen LogP contribution < -0.4 is 5.32 Å². The molecule has 1 aromatic rings. The number of amides is 1. The van der Waals surface area contributed by atoms with Gasteiger partial charge in [-0.2, -0.15) is 0 Å². The normalized spacial score (nSPS) is 12.8. The molecule has 0 radical (unpaired) electrons. The van der Waals surface area contributed by atoms with Crippen LogP contribution in [-0.2, 0) is 0 Å². The van der Waals surface area contributed by atoms with Crippen LogP contribution in [0.5, 0.6) is 0 Å².